The maximum absolute atomic E-state index is 4.33. The minimum atomic E-state index is 0.909. The fourth-order valence-corrected chi connectivity index (χ4v) is 1.76. The van der Waals surface area contributed by atoms with Crippen LogP contribution < -0.4 is 5.32 Å². The first-order chi connectivity index (χ1) is 7.31. The Morgan fingerprint density at radius 3 is 3.20 bits per heavy atom. The van der Waals surface area contributed by atoms with Gasteiger partial charge in [-0.2, -0.15) is 16.9 Å². The van der Waals surface area contributed by atoms with Gasteiger partial charge in [0.25, 0.3) is 0 Å². The summed E-state index contributed by atoms with van der Waals surface area (Å²) in [6.45, 7) is 2.91. The lowest BCUT2D eigenvalue weighted by Crippen LogP contribution is -2.06. The van der Waals surface area contributed by atoms with Crippen LogP contribution in [-0.2, 0) is 0 Å². The maximum Gasteiger partial charge on any atom is 0.152 e. The molecule has 0 aliphatic carbocycles. The number of hydrogen-bond donors (Lipinski definition) is 1. The number of anilines is 1. The number of fused-ring (bicyclic) bond motifs is 1. The Morgan fingerprint density at radius 2 is 2.40 bits per heavy atom. The molecule has 0 spiro atoms. The van der Waals surface area contributed by atoms with Crippen LogP contribution in [0.2, 0.25) is 0 Å². The van der Waals surface area contributed by atoms with Crippen molar-refractivity contribution in [1.82, 2.24) is 14.6 Å². The molecule has 0 saturated carbocycles. The normalized spacial score (nSPS) is 10.8. The van der Waals surface area contributed by atoms with Crippen LogP contribution in [0.4, 0.5) is 5.82 Å². The van der Waals surface area contributed by atoms with Crippen molar-refractivity contribution in [2.45, 2.75) is 6.92 Å². The van der Waals surface area contributed by atoms with E-state index in [0.717, 1.165) is 29.3 Å². The van der Waals surface area contributed by atoms with Crippen molar-refractivity contribution in [3.05, 3.63) is 24.2 Å². The number of nitrogens with zero attached hydrogens (tertiary/aromatic N) is 3. The summed E-state index contributed by atoms with van der Waals surface area (Å²) in [4.78, 5) is 4.31. The van der Waals surface area contributed by atoms with Gasteiger partial charge < -0.3 is 5.32 Å². The van der Waals surface area contributed by atoms with E-state index in [1.54, 1.807) is 6.20 Å². The molecular weight excluding hydrogens is 208 g/mol. The first-order valence-corrected chi connectivity index (χ1v) is 6.24. The Balaban J connectivity index is 2.25. The Labute approximate surface area is 93.1 Å². The molecule has 2 rings (SSSR count). The van der Waals surface area contributed by atoms with Gasteiger partial charge in [-0.05, 0) is 19.2 Å². The van der Waals surface area contributed by atoms with Crippen molar-refractivity contribution in [2.75, 3.05) is 23.9 Å². The number of nitrogens with one attached hydrogen (secondary N) is 1. The zero-order valence-electron chi connectivity index (χ0n) is 8.90. The smallest absolute Gasteiger partial charge is 0.152 e. The minimum Gasteiger partial charge on any atom is -0.367 e. The molecule has 80 valence electrons. The van der Waals surface area contributed by atoms with Gasteiger partial charge in [0, 0.05) is 24.7 Å². The van der Waals surface area contributed by atoms with E-state index in [2.05, 4.69) is 21.7 Å². The van der Waals surface area contributed by atoms with Crippen LogP contribution in [0.1, 0.15) is 5.69 Å². The number of rotatable bonds is 4. The second-order valence-corrected chi connectivity index (χ2v) is 4.30. The third-order valence-electron chi connectivity index (χ3n) is 2.11. The summed E-state index contributed by atoms with van der Waals surface area (Å²) in [7, 11) is 0. The van der Waals surface area contributed by atoms with E-state index in [-0.39, 0.29) is 0 Å². The fraction of sp³-hybridized carbons (Fsp3) is 0.400. The van der Waals surface area contributed by atoms with Gasteiger partial charge in [-0.25, -0.2) is 9.50 Å². The SMILES string of the molecule is CSCCNc1nccn2nc(C)cc12. The average molecular weight is 222 g/mol. The first kappa shape index (κ1) is 10.3. The predicted octanol–water partition coefficient (Wildman–Crippen LogP) is 1.81. The van der Waals surface area contributed by atoms with Crippen LogP contribution in [0, 0.1) is 6.92 Å². The fourth-order valence-electron chi connectivity index (χ4n) is 1.45. The van der Waals surface area contributed by atoms with Gasteiger partial charge in [-0.3, -0.25) is 0 Å². The van der Waals surface area contributed by atoms with E-state index in [9.17, 15) is 0 Å². The van der Waals surface area contributed by atoms with E-state index in [0.29, 0.717) is 0 Å². The Morgan fingerprint density at radius 1 is 1.53 bits per heavy atom. The lowest BCUT2D eigenvalue weighted by molar-refractivity contribution is 0.921. The Hall–Kier alpha value is -1.23. The zero-order chi connectivity index (χ0) is 10.7. The molecule has 2 aromatic rings. The van der Waals surface area contributed by atoms with E-state index in [1.165, 1.54) is 0 Å². The number of thioether (sulfide) groups is 1. The molecule has 5 heteroatoms. The van der Waals surface area contributed by atoms with Gasteiger partial charge in [-0.1, -0.05) is 0 Å². The first-order valence-electron chi connectivity index (χ1n) is 4.85. The molecule has 2 aromatic heterocycles. The van der Waals surface area contributed by atoms with Gasteiger partial charge in [0.15, 0.2) is 5.82 Å². The molecule has 0 radical (unpaired) electrons. The largest absolute Gasteiger partial charge is 0.367 e. The van der Waals surface area contributed by atoms with Crippen LogP contribution in [0.5, 0.6) is 0 Å². The molecule has 0 fully saturated rings. The highest BCUT2D eigenvalue weighted by Gasteiger charge is 2.03. The summed E-state index contributed by atoms with van der Waals surface area (Å²) in [5.74, 6) is 1.99. The standard InChI is InChI=1S/C10H14N4S/c1-8-7-9-10(12-4-6-15-2)11-3-5-14(9)13-8/h3,5,7H,4,6H2,1-2H3,(H,11,12). The maximum atomic E-state index is 4.33. The number of aromatic nitrogens is 3. The van der Waals surface area contributed by atoms with Gasteiger partial charge in [0.2, 0.25) is 0 Å². The molecule has 1 N–H and O–H groups in total. The summed E-state index contributed by atoms with van der Waals surface area (Å²) in [5.41, 5.74) is 2.05. The molecule has 0 saturated heterocycles. The minimum absolute atomic E-state index is 0.909. The van der Waals surface area contributed by atoms with Crippen LogP contribution in [-0.4, -0.2) is 33.2 Å². The molecule has 0 amide bonds. The summed E-state index contributed by atoms with van der Waals surface area (Å²) in [5, 5.41) is 7.64. The van der Waals surface area contributed by atoms with E-state index in [4.69, 9.17) is 0 Å². The second-order valence-electron chi connectivity index (χ2n) is 3.31. The second kappa shape index (κ2) is 4.53. The molecule has 0 aliphatic heterocycles. The molecule has 0 bridgehead atoms. The van der Waals surface area contributed by atoms with Gasteiger partial charge in [0.05, 0.1) is 5.69 Å². The molecular formula is C10H14N4S. The molecule has 2 heterocycles. The average Bonchev–Trinajstić information content (AvgIpc) is 2.59. The molecule has 0 aromatic carbocycles. The van der Waals surface area contributed by atoms with Crippen molar-refractivity contribution in [1.29, 1.82) is 0 Å². The van der Waals surface area contributed by atoms with Crippen molar-refractivity contribution in [3.8, 4) is 0 Å². The summed E-state index contributed by atoms with van der Waals surface area (Å²) in [6.07, 6.45) is 5.72. The van der Waals surface area contributed by atoms with Gasteiger partial charge >= 0.3 is 0 Å². The highest BCUT2D eigenvalue weighted by molar-refractivity contribution is 7.98. The molecule has 15 heavy (non-hydrogen) atoms. The number of hydrogen-bond acceptors (Lipinski definition) is 4. The third kappa shape index (κ3) is 2.23. The monoisotopic (exact) mass is 222 g/mol. The highest BCUT2D eigenvalue weighted by atomic mass is 32.2. The summed E-state index contributed by atoms with van der Waals surface area (Å²) >= 11 is 1.82. The van der Waals surface area contributed by atoms with Crippen LogP contribution in [0.25, 0.3) is 5.52 Å². The molecule has 4 nitrogen and oxygen atoms in total. The van der Waals surface area contributed by atoms with Crippen LogP contribution in [0.3, 0.4) is 0 Å². The molecule has 0 aliphatic rings. The lowest BCUT2D eigenvalue weighted by atomic mass is 10.4. The Kier molecular flexibility index (Phi) is 3.11. The quantitative estimate of drug-likeness (QED) is 0.801. The summed E-state index contributed by atoms with van der Waals surface area (Å²) in [6, 6.07) is 2.04. The topological polar surface area (TPSA) is 42.2 Å². The highest BCUT2D eigenvalue weighted by Crippen LogP contribution is 2.14. The predicted molar refractivity (Wildman–Crippen MR) is 64.6 cm³/mol. The van der Waals surface area contributed by atoms with Crippen LogP contribution in [0.15, 0.2) is 18.5 Å². The van der Waals surface area contributed by atoms with E-state index < -0.39 is 0 Å². The van der Waals surface area contributed by atoms with Crippen molar-refractivity contribution in [2.24, 2.45) is 0 Å². The molecule has 0 unspecified atom stereocenters. The lowest BCUT2D eigenvalue weighted by Gasteiger charge is -2.05. The van der Waals surface area contributed by atoms with E-state index in [1.807, 2.05) is 35.5 Å². The zero-order valence-corrected chi connectivity index (χ0v) is 9.71. The molecule has 0 atom stereocenters. The van der Waals surface area contributed by atoms with E-state index >= 15 is 0 Å². The Bertz CT molecular complexity index is 452. The van der Waals surface area contributed by atoms with Gasteiger partial charge in [-0.15, -0.1) is 0 Å². The van der Waals surface area contributed by atoms with Crippen LogP contribution >= 0.6 is 11.8 Å². The van der Waals surface area contributed by atoms with Crippen molar-refractivity contribution >= 4 is 23.1 Å². The number of aryl methyl sites for hydroxylation is 1. The van der Waals surface area contributed by atoms with Crippen molar-refractivity contribution in [3.63, 3.8) is 0 Å². The summed E-state index contributed by atoms with van der Waals surface area (Å²) < 4.78 is 1.85. The third-order valence-corrected chi connectivity index (χ3v) is 2.72. The van der Waals surface area contributed by atoms with Crippen molar-refractivity contribution < 1.29 is 0 Å². The van der Waals surface area contributed by atoms with Gasteiger partial charge in [0.1, 0.15) is 5.52 Å².